The van der Waals surface area contributed by atoms with Crippen LogP contribution in [0.3, 0.4) is 0 Å². The van der Waals surface area contributed by atoms with Crippen LogP contribution < -0.4 is 17.4 Å². The molecule has 0 saturated carbocycles. The van der Waals surface area contributed by atoms with Crippen molar-refractivity contribution in [1.82, 2.24) is 0 Å². The second-order valence-corrected chi connectivity index (χ2v) is 1.08. The van der Waals surface area contributed by atoms with Gasteiger partial charge in [0, 0.05) is 12.1 Å². The molecule has 54 valence electrons. The average Bonchev–Trinajstić information content (AvgIpc) is 1.72. The van der Waals surface area contributed by atoms with Gasteiger partial charge in [-0.25, -0.2) is 4.98 Å². The Kier molecular flexibility index (Phi) is 35.9. The van der Waals surface area contributed by atoms with Gasteiger partial charge in [-0.3, -0.25) is 0 Å². The Balaban J connectivity index is -0.0000000450. The molecule has 10 heavy (non-hydrogen) atoms. The van der Waals surface area contributed by atoms with E-state index in [2.05, 4.69) is 4.98 Å². The summed E-state index contributed by atoms with van der Waals surface area (Å²) in [6.07, 6.45) is 3.75. The van der Waals surface area contributed by atoms with Crippen LogP contribution in [0.2, 0.25) is 0 Å². The first-order valence-corrected chi connectivity index (χ1v) is 1.91. The summed E-state index contributed by atoms with van der Waals surface area (Å²) in [4.78, 5) is 2.89. The molecule has 0 atom stereocenters. The summed E-state index contributed by atoms with van der Waals surface area (Å²) in [6.45, 7) is 0. The Morgan fingerprint density at radius 2 is 1.30 bits per heavy atom. The number of hydrogen-bond acceptors (Lipinski definition) is 1. The minimum absolute atomic E-state index is 0. The molecule has 1 heterocycles. The number of aromatic nitrogens is 1. The molecular weight excluding hydrogens is 194 g/mol. The van der Waals surface area contributed by atoms with Gasteiger partial charge < -0.3 is 23.4 Å². The van der Waals surface area contributed by atoms with Crippen LogP contribution in [0.1, 0.15) is 0 Å². The third-order valence-electron chi connectivity index (χ3n) is 0.607. The van der Waals surface area contributed by atoms with Gasteiger partial charge in [0.2, 0.25) is 0 Å². The van der Waals surface area contributed by atoms with Crippen LogP contribution in [0.4, 0.5) is 0 Å². The van der Waals surface area contributed by atoms with Crippen LogP contribution in [-0.4, -0.2) is 5.48 Å². The second-order valence-electron chi connectivity index (χ2n) is 1.08. The molecule has 0 saturated heterocycles. The summed E-state index contributed by atoms with van der Waals surface area (Å²) in [5, 5.41) is 0. The van der Waals surface area contributed by atoms with Crippen molar-refractivity contribution in [2.24, 2.45) is 0 Å². The Labute approximate surface area is 76.6 Å². The largest absolute Gasteiger partial charge is 6.00 e. The van der Waals surface area contributed by atoms with E-state index in [0.29, 0.717) is 0 Å². The molecule has 0 aromatic carbocycles. The zero-order valence-electron chi connectivity index (χ0n) is 5.03. The zero-order chi connectivity index (χ0) is 4.24. The molecule has 0 aliphatic carbocycles. The molecule has 1 aromatic rings. The molecular formula is C5H7ClCrNO2+3. The molecule has 0 fully saturated rings. The van der Waals surface area contributed by atoms with E-state index in [1.165, 1.54) is 0 Å². The van der Waals surface area contributed by atoms with Gasteiger partial charge in [-0.2, -0.15) is 0 Å². The molecule has 0 bridgehead atoms. The number of rotatable bonds is 0. The monoisotopic (exact) mass is 200 g/mol. The fraction of sp³-hybridized carbons (Fsp3) is 0. The second kappa shape index (κ2) is 16.0. The smallest absolute Gasteiger partial charge is 2.00 e. The fourth-order valence-corrected chi connectivity index (χ4v) is 0.342. The van der Waals surface area contributed by atoms with Gasteiger partial charge in [0.05, 0.1) is 0 Å². The van der Waals surface area contributed by atoms with E-state index >= 15 is 0 Å². The van der Waals surface area contributed by atoms with Crippen LogP contribution >= 0.6 is 0 Å². The van der Waals surface area contributed by atoms with Crippen molar-refractivity contribution in [2.75, 3.05) is 0 Å². The van der Waals surface area contributed by atoms with Crippen LogP contribution in [0, 0.1) is 0 Å². The maximum absolute atomic E-state index is 2.89. The molecule has 0 aliphatic heterocycles. The van der Waals surface area contributed by atoms with Crippen molar-refractivity contribution in [3.05, 3.63) is 30.6 Å². The average molecular weight is 201 g/mol. The topological polar surface area (TPSA) is 72.6 Å². The predicted molar refractivity (Wildman–Crippen MR) is 25.6 cm³/mol. The van der Waals surface area contributed by atoms with Crippen molar-refractivity contribution in [1.29, 1.82) is 0 Å². The van der Waals surface area contributed by atoms with Gasteiger partial charge in [0.15, 0.2) is 12.4 Å². The normalized spacial score (nSPS) is 4.80. The van der Waals surface area contributed by atoms with Gasteiger partial charge in [0.25, 0.3) is 0 Å². The third kappa shape index (κ3) is 10.8. The number of pyridine rings is 1. The third-order valence-corrected chi connectivity index (χ3v) is 0.607. The molecule has 3 nitrogen and oxygen atoms in total. The summed E-state index contributed by atoms with van der Waals surface area (Å²) in [5.41, 5.74) is 0. The number of halogens is 1. The van der Waals surface area contributed by atoms with Crippen molar-refractivity contribution in [3.8, 4) is 0 Å². The molecule has 0 amide bonds. The number of aromatic amines is 1. The Morgan fingerprint density at radius 1 is 0.900 bits per heavy atom. The Hall–Kier alpha value is -0.108. The first kappa shape index (κ1) is 22.5. The van der Waals surface area contributed by atoms with Gasteiger partial charge >= 0.3 is 17.4 Å². The number of H-pyrrole nitrogens is 1. The summed E-state index contributed by atoms with van der Waals surface area (Å²) < 4.78 is 0. The maximum Gasteiger partial charge on any atom is 6.00 e. The van der Waals surface area contributed by atoms with E-state index < -0.39 is 0 Å². The molecule has 0 spiro atoms. The first-order valence-electron chi connectivity index (χ1n) is 1.91. The van der Waals surface area contributed by atoms with Gasteiger partial charge in [-0.05, 0) is 0 Å². The van der Waals surface area contributed by atoms with Gasteiger partial charge in [-0.1, -0.05) is 6.07 Å². The van der Waals surface area contributed by atoms with Crippen molar-refractivity contribution in [2.45, 2.75) is 0 Å². The van der Waals surface area contributed by atoms with E-state index in [-0.39, 0.29) is 40.7 Å². The summed E-state index contributed by atoms with van der Waals surface area (Å²) in [6, 6.07) is 5.86. The number of nitrogens with one attached hydrogen (secondary N) is 1. The van der Waals surface area contributed by atoms with Crippen LogP contribution in [0.5, 0.6) is 0 Å². The molecule has 1 rings (SSSR count). The molecule has 0 unspecified atom stereocenters. The summed E-state index contributed by atoms with van der Waals surface area (Å²) >= 11 is 0. The van der Waals surface area contributed by atoms with Gasteiger partial charge in [-0.15, -0.1) is 0 Å². The first-order chi connectivity index (χ1) is 3.00. The summed E-state index contributed by atoms with van der Waals surface area (Å²) in [5.74, 6) is 0. The summed E-state index contributed by atoms with van der Waals surface area (Å²) in [7, 11) is 0. The van der Waals surface area contributed by atoms with E-state index in [1.807, 2.05) is 30.6 Å². The molecule has 0 aliphatic rings. The van der Waals surface area contributed by atoms with Crippen LogP contribution in [0.15, 0.2) is 30.6 Å². The number of hydrogen-bond donors (Lipinski definition) is 0. The standard InChI is InChI=1S/C5H5N.ClH.Cr.H2O.O/c1-2-4-6-5-3-1;;;;/h1-5H;1H;;1H2;/q;;+6;;-2/p-1. The molecule has 5 heteroatoms. The quantitative estimate of drug-likeness (QED) is 0.446. The maximum atomic E-state index is 2.89. The van der Waals surface area contributed by atoms with E-state index in [1.54, 1.807) is 0 Å². The van der Waals surface area contributed by atoms with E-state index in [4.69, 9.17) is 0 Å². The predicted octanol–water partition coefficient (Wildman–Crippen LogP) is -2.79. The molecule has 0 radical (unpaired) electrons. The minimum atomic E-state index is 0. The molecule has 1 aromatic heterocycles. The van der Waals surface area contributed by atoms with Gasteiger partial charge in [0.1, 0.15) is 0 Å². The minimum Gasteiger partial charge on any atom is -2.00 e. The van der Waals surface area contributed by atoms with Crippen LogP contribution in [-0.2, 0) is 22.8 Å². The molecule has 2 N–H and O–H groups in total. The fourth-order valence-electron chi connectivity index (χ4n) is 0.342. The van der Waals surface area contributed by atoms with Crippen molar-refractivity contribution in [3.63, 3.8) is 0 Å². The SMILES string of the molecule is [Cl-].[Cr+6].[O-2].[OH-].c1cc[nH+]cc1. The van der Waals surface area contributed by atoms with E-state index in [9.17, 15) is 0 Å². The zero-order valence-corrected chi connectivity index (χ0v) is 7.06. The Morgan fingerprint density at radius 3 is 1.40 bits per heavy atom. The van der Waals surface area contributed by atoms with Crippen LogP contribution in [0.25, 0.3) is 0 Å². The van der Waals surface area contributed by atoms with E-state index in [0.717, 1.165) is 0 Å². The van der Waals surface area contributed by atoms with Crippen molar-refractivity contribution < 1.29 is 45.7 Å². The van der Waals surface area contributed by atoms with Crippen molar-refractivity contribution >= 4 is 0 Å². The Bertz CT molecular complexity index is 91.6.